The minimum Gasteiger partial charge on any atom is -0.454 e. The lowest BCUT2D eigenvalue weighted by Gasteiger charge is -2.05. The molecule has 3 aromatic rings. The zero-order chi connectivity index (χ0) is 26.2. The van der Waals surface area contributed by atoms with Crippen LogP contribution in [0, 0.1) is 17.8 Å². The first-order chi connectivity index (χ1) is 17.3. The highest BCUT2D eigenvalue weighted by Gasteiger charge is 2.12. The van der Waals surface area contributed by atoms with E-state index in [0.29, 0.717) is 6.79 Å². The van der Waals surface area contributed by atoms with Gasteiger partial charge in [0.25, 0.3) is 0 Å². The smallest absolute Gasteiger partial charge is 0.231 e. The van der Waals surface area contributed by atoms with Crippen molar-refractivity contribution in [2.24, 2.45) is 17.8 Å². The maximum atomic E-state index is 5.32. The van der Waals surface area contributed by atoms with Gasteiger partial charge in [-0.25, -0.2) is 0 Å². The van der Waals surface area contributed by atoms with Gasteiger partial charge in [0.15, 0.2) is 11.5 Å². The fourth-order valence-corrected chi connectivity index (χ4v) is 3.63. The number of fused-ring (bicyclic) bond motifs is 1. The third-order valence-electron chi connectivity index (χ3n) is 6.00. The van der Waals surface area contributed by atoms with Crippen LogP contribution in [-0.4, -0.2) is 11.8 Å². The Morgan fingerprint density at radius 1 is 0.611 bits per heavy atom. The van der Waals surface area contributed by atoms with Gasteiger partial charge in [-0.15, -0.1) is 0 Å². The van der Waals surface area contributed by atoms with Gasteiger partial charge >= 0.3 is 0 Å². The van der Waals surface area contributed by atoms with E-state index in [1.807, 2.05) is 24.4 Å². The molecule has 196 valence electrons. The summed E-state index contributed by atoms with van der Waals surface area (Å²) in [4.78, 5) is 4.25. The largest absolute Gasteiger partial charge is 0.454 e. The van der Waals surface area contributed by atoms with Crippen LogP contribution in [0.1, 0.15) is 77.6 Å². The lowest BCUT2D eigenvalue weighted by atomic mass is 10.0. The monoisotopic (exact) mass is 489 g/mol. The fraction of sp³-hybridized carbons (Fsp3) is 0.485. The SMILES string of the molecule is CC(C)CCc1ccc2c(c1)OCO2.CC(C)CCc1ccccc1.CC(C)CCc1ccccn1. The molecule has 0 amide bonds. The zero-order valence-electron chi connectivity index (χ0n) is 23.4. The summed E-state index contributed by atoms with van der Waals surface area (Å²) in [6, 6.07) is 23.0. The van der Waals surface area contributed by atoms with Crippen LogP contribution in [-0.2, 0) is 19.3 Å². The van der Waals surface area contributed by atoms with Crippen LogP contribution < -0.4 is 9.47 Å². The number of nitrogens with zero attached hydrogens (tertiary/aromatic N) is 1. The molecule has 1 aromatic heterocycles. The van der Waals surface area contributed by atoms with Crippen molar-refractivity contribution >= 4 is 0 Å². The molecular formula is C33H47NO2. The molecule has 0 radical (unpaired) electrons. The van der Waals surface area contributed by atoms with E-state index in [4.69, 9.17) is 9.47 Å². The minimum atomic E-state index is 0.364. The van der Waals surface area contributed by atoms with Gasteiger partial charge in [0.2, 0.25) is 6.79 Å². The maximum absolute atomic E-state index is 5.32. The van der Waals surface area contributed by atoms with Crippen LogP contribution in [0.2, 0.25) is 0 Å². The lowest BCUT2D eigenvalue weighted by molar-refractivity contribution is 0.174. The number of rotatable bonds is 9. The molecule has 0 spiro atoms. The molecule has 0 saturated carbocycles. The van der Waals surface area contributed by atoms with Crippen molar-refractivity contribution < 1.29 is 9.47 Å². The molecule has 0 saturated heterocycles. The molecule has 2 heterocycles. The van der Waals surface area contributed by atoms with E-state index in [-0.39, 0.29) is 0 Å². The lowest BCUT2D eigenvalue weighted by Crippen LogP contribution is -1.93. The Labute approximate surface area is 220 Å². The van der Waals surface area contributed by atoms with Crippen LogP contribution >= 0.6 is 0 Å². The molecule has 0 N–H and O–H groups in total. The van der Waals surface area contributed by atoms with Crippen LogP contribution in [0.25, 0.3) is 0 Å². The zero-order valence-corrected chi connectivity index (χ0v) is 23.4. The first-order valence-corrected chi connectivity index (χ1v) is 13.7. The molecular weight excluding hydrogens is 442 g/mol. The molecule has 1 aliphatic heterocycles. The van der Waals surface area contributed by atoms with Crippen molar-refractivity contribution in [2.45, 2.75) is 80.1 Å². The Balaban J connectivity index is 0.000000193. The van der Waals surface area contributed by atoms with Gasteiger partial charge in [-0.1, -0.05) is 84.0 Å². The van der Waals surface area contributed by atoms with Gasteiger partial charge < -0.3 is 9.47 Å². The van der Waals surface area contributed by atoms with E-state index < -0.39 is 0 Å². The van der Waals surface area contributed by atoms with E-state index in [1.54, 1.807) is 0 Å². The number of hydrogen-bond acceptors (Lipinski definition) is 3. The molecule has 0 fully saturated rings. The third kappa shape index (κ3) is 12.8. The highest BCUT2D eigenvalue weighted by Crippen LogP contribution is 2.32. The van der Waals surface area contributed by atoms with Crippen molar-refractivity contribution in [3.05, 3.63) is 89.7 Å². The van der Waals surface area contributed by atoms with Crippen LogP contribution in [0.5, 0.6) is 11.5 Å². The molecule has 0 unspecified atom stereocenters. The molecule has 2 aromatic carbocycles. The second kappa shape index (κ2) is 16.8. The van der Waals surface area contributed by atoms with Gasteiger partial charge in [-0.2, -0.15) is 0 Å². The summed E-state index contributed by atoms with van der Waals surface area (Å²) >= 11 is 0. The molecule has 4 rings (SSSR count). The van der Waals surface area contributed by atoms with Gasteiger partial charge in [-0.05, 0) is 91.7 Å². The van der Waals surface area contributed by atoms with Crippen LogP contribution in [0.4, 0.5) is 0 Å². The number of pyridine rings is 1. The Kier molecular flexibility index (Phi) is 13.7. The number of aryl methyl sites for hydroxylation is 3. The molecule has 36 heavy (non-hydrogen) atoms. The van der Waals surface area contributed by atoms with Crippen LogP contribution in [0.3, 0.4) is 0 Å². The second-order valence-corrected chi connectivity index (χ2v) is 10.8. The summed E-state index contributed by atoms with van der Waals surface area (Å²) in [6.45, 7) is 13.9. The highest BCUT2D eigenvalue weighted by atomic mass is 16.7. The Hall–Kier alpha value is -2.81. The Morgan fingerprint density at radius 3 is 1.81 bits per heavy atom. The molecule has 0 aliphatic carbocycles. The average Bonchev–Trinajstić information content (AvgIpc) is 3.35. The molecule has 1 aliphatic rings. The van der Waals surface area contributed by atoms with Gasteiger partial charge in [0.1, 0.15) is 0 Å². The van der Waals surface area contributed by atoms with E-state index in [0.717, 1.165) is 42.1 Å². The normalized spacial score (nSPS) is 11.7. The molecule has 3 nitrogen and oxygen atoms in total. The predicted octanol–water partition coefficient (Wildman–Crippen LogP) is 8.95. The summed E-state index contributed by atoms with van der Waals surface area (Å²) in [5, 5.41) is 0. The summed E-state index contributed by atoms with van der Waals surface area (Å²) < 4.78 is 10.6. The van der Waals surface area contributed by atoms with Gasteiger partial charge in [0, 0.05) is 11.9 Å². The maximum Gasteiger partial charge on any atom is 0.231 e. The van der Waals surface area contributed by atoms with E-state index in [9.17, 15) is 0 Å². The Morgan fingerprint density at radius 2 is 1.19 bits per heavy atom. The van der Waals surface area contributed by atoms with Crippen molar-refractivity contribution in [3.63, 3.8) is 0 Å². The first kappa shape index (κ1) is 29.4. The standard InChI is InChI=1S/C12H16O2.C11H16.C10H15N/c1-9(2)3-4-10-5-6-11-12(7-10)14-8-13-11;1-10(2)8-9-11-6-4-3-5-7-11;1-9(2)6-7-10-5-3-4-8-11-10/h5-7,9H,3-4,8H2,1-2H3;3-7,10H,8-9H2,1-2H3;3-5,8-9H,6-7H2,1-2H3. The van der Waals surface area contributed by atoms with Crippen LogP contribution in [0.15, 0.2) is 72.9 Å². The summed E-state index contributed by atoms with van der Waals surface area (Å²) in [5.74, 6) is 4.11. The second-order valence-electron chi connectivity index (χ2n) is 10.8. The molecule has 0 atom stereocenters. The minimum absolute atomic E-state index is 0.364. The third-order valence-corrected chi connectivity index (χ3v) is 6.00. The molecule has 3 heteroatoms. The van der Waals surface area contributed by atoms with Gasteiger partial charge in [0.05, 0.1) is 0 Å². The number of benzene rings is 2. The van der Waals surface area contributed by atoms with E-state index in [1.165, 1.54) is 42.5 Å². The van der Waals surface area contributed by atoms with Crippen molar-refractivity contribution in [1.82, 2.24) is 4.98 Å². The quantitative estimate of drug-likeness (QED) is 0.300. The summed E-state index contributed by atoms with van der Waals surface area (Å²) in [5.41, 5.74) is 4.00. The summed E-state index contributed by atoms with van der Waals surface area (Å²) in [6.07, 6.45) is 9.06. The first-order valence-electron chi connectivity index (χ1n) is 13.7. The number of ether oxygens (including phenoxy) is 2. The van der Waals surface area contributed by atoms with E-state index >= 15 is 0 Å². The fourth-order valence-electron chi connectivity index (χ4n) is 3.63. The highest BCUT2D eigenvalue weighted by molar-refractivity contribution is 5.44. The molecule has 0 bridgehead atoms. The predicted molar refractivity (Wildman–Crippen MR) is 153 cm³/mol. The van der Waals surface area contributed by atoms with Gasteiger partial charge in [-0.3, -0.25) is 4.98 Å². The number of aromatic nitrogens is 1. The number of hydrogen-bond donors (Lipinski definition) is 0. The van der Waals surface area contributed by atoms with Crippen molar-refractivity contribution in [2.75, 3.05) is 6.79 Å². The summed E-state index contributed by atoms with van der Waals surface area (Å²) in [7, 11) is 0. The van der Waals surface area contributed by atoms with Crippen molar-refractivity contribution in [1.29, 1.82) is 0 Å². The topological polar surface area (TPSA) is 31.4 Å². The Bertz CT molecular complexity index is 904. The van der Waals surface area contributed by atoms with Crippen molar-refractivity contribution in [3.8, 4) is 11.5 Å². The van der Waals surface area contributed by atoms with E-state index in [2.05, 4.69) is 95.1 Å². The average molecular weight is 490 g/mol.